The molecule has 0 aliphatic heterocycles. The third-order valence-electron chi connectivity index (χ3n) is 9.07. The highest BCUT2D eigenvalue weighted by molar-refractivity contribution is 6.18. The molecule has 0 atom stereocenters. The van der Waals surface area contributed by atoms with Crippen molar-refractivity contribution >= 4 is 55.4 Å². The van der Waals surface area contributed by atoms with Crippen molar-refractivity contribution in [1.82, 2.24) is 9.97 Å². The van der Waals surface area contributed by atoms with E-state index in [0.29, 0.717) is 39.6 Å². The van der Waals surface area contributed by atoms with Crippen molar-refractivity contribution in [2.75, 3.05) is 0 Å². The lowest BCUT2D eigenvalue weighted by atomic mass is 9.94. The van der Waals surface area contributed by atoms with E-state index >= 15 is 0 Å². The molecule has 0 saturated carbocycles. The molecule has 6 nitrogen and oxygen atoms in total. The molecule has 0 radical (unpaired) electrons. The van der Waals surface area contributed by atoms with E-state index in [4.69, 9.17) is 30.3 Å². The van der Waals surface area contributed by atoms with Crippen molar-refractivity contribution in [3.63, 3.8) is 0 Å². The van der Waals surface area contributed by atoms with Crippen LogP contribution in [0.1, 0.15) is 11.4 Å². The van der Waals surface area contributed by atoms with E-state index < -0.39 is 0 Å². The molecule has 4 N–H and O–H groups in total. The molecule has 0 fully saturated rings. The summed E-state index contributed by atoms with van der Waals surface area (Å²) in [6.07, 6.45) is 3.54. The Kier molecular flexibility index (Phi) is 6.99. The van der Waals surface area contributed by atoms with E-state index in [9.17, 15) is 0 Å². The largest absolute Gasteiger partial charge is 0.455 e. The van der Waals surface area contributed by atoms with Gasteiger partial charge in [-0.05, 0) is 64.7 Å². The minimum absolute atomic E-state index is 0.371. The quantitative estimate of drug-likeness (QED) is 0.174. The number of hydrogen-bond acceptors (Lipinski definition) is 6. The maximum atomic E-state index is 6.71. The molecule has 6 aromatic carbocycles. The number of furan rings is 2. The van der Waals surface area contributed by atoms with Crippen molar-refractivity contribution in [3.8, 4) is 33.5 Å². The summed E-state index contributed by atoms with van der Waals surface area (Å²) in [6, 6.07) is 48.8. The van der Waals surface area contributed by atoms with Gasteiger partial charge in [-0.3, -0.25) is 0 Å². The van der Waals surface area contributed by atoms with Gasteiger partial charge in [0.25, 0.3) is 0 Å². The second-order valence-corrected chi connectivity index (χ2v) is 12.2. The number of aromatic nitrogens is 2. The summed E-state index contributed by atoms with van der Waals surface area (Å²) in [7, 11) is 0. The molecule has 0 amide bonds. The van der Waals surface area contributed by atoms with E-state index in [1.54, 1.807) is 12.2 Å². The second kappa shape index (κ2) is 12.0. The van der Waals surface area contributed by atoms with Crippen molar-refractivity contribution in [2.45, 2.75) is 0 Å². The molecule has 9 rings (SSSR count). The molecule has 0 bridgehead atoms. The molecular weight excluding hydrogens is 617 g/mol. The number of para-hydroxylation sites is 1. The van der Waals surface area contributed by atoms with Gasteiger partial charge in [0.05, 0.1) is 5.70 Å². The monoisotopic (exact) mass is 646 g/mol. The fourth-order valence-corrected chi connectivity index (χ4v) is 6.64. The minimum Gasteiger partial charge on any atom is -0.455 e. The van der Waals surface area contributed by atoms with E-state index in [1.807, 2.05) is 91.0 Å². The van der Waals surface area contributed by atoms with E-state index in [-0.39, 0.29) is 0 Å². The van der Waals surface area contributed by atoms with Crippen molar-refractivity contribution in [1.29, 1.82) is 0 Å². The number of benzene rings is 6. The van der Waals surface area contributed by atoms with Gasteiger partial charge in [-0.1, -0.05) is 115 Å². The summed E-state index contributed by atoms with van der Waals surface area (Å²) in [6.45, 7) is 0. The second-order valence-electron chi connectivity index (χ2n) is 12.2. The Morgan fingerprint density at radius 1 is 0.500 bits per heavy atom. The SMILES string of the molecule is N/C(=C\C=C(/N)c1nc(-c2cccc3oc4c(-c5ccccc5)cc(-c5ccccc5)cc4c23)c2oc3ccccc3c2n1)c1ccccc1. The number of allylic oxidation sites excluding steroid dienone is 2. The summed E-state index contributed by atoms with van der Waals surface area (Å²) in [5.41, 5.74) is 24.2. The maximum Gasteiger partial charge on any atom is 0.180 e. The van der Waals surface area contributed by atoms with Crippen LogP contribution in [0.15, 0.2) is 167 Å². The van der Waals surface area contributed by atoms with Crippen LogP contribution in [0.4, 0.5) is 0 Å². The van der Waals surface area contributed by atoms with Crippen molar-refractivity contribution in [2.24, 2.45) is 11.5 Å². The predicted octanol–water partition coefficient (Wildman–Crippen LogP) is 10.6. The predicted molar refractivity (Wildman–Crippen MR) is 204 cm³/mol. The first-order valence-corrected chi connectivity index (χ1v) is 16.4. The van der Waals surface area contributed by atoms with Crippen LogP contribution in [0.5, 0.6) is 0 Å². The van der Waals surface area contributed by atoms with Gasteiger partial charge >= 0.3 is 0 Å². The molecular formula is C44H30N4O2. The van der Waals surface area contributed by atoms with Crippen molar-refractivity contribution < 1.29 is 8.83 Å². The van der Waals surface area contributed by atoms with Crippen LogP contribution in [-0.4, -0.2) is 9.97 Å². The van der Waals surface area contributed by atoms with Crippen LogP contribution in [0, 0.1) is 0 Å². The smallest absolute Gasteiger partial charge is 0.180 e. The third-order valence-corrected chi connectivity index (χ3v) is 9.07. The minimum atomic E-state index is 0.371. The lowest BCUT2D eigenvalue weighted by molar-refractivity contribution is 0.666. The highest BCUT2D eigenvalue weighted by Crippen LogP contribution is 2.44. The maximum absolute atomic E-state index is 6.71. The molecule has 0 spiro atoms. The highest BCUT2D eigenvalue weighted by atomic mass is 16.3. The van der Waals surface area contributed by atoms with Crippen LogP contribution < -0.4 is 11.5 Å². The topological polar surface area (TPSA) is 104 Å². The van der Waals surface area contributed by atoms with Gasteiger partial charge < -0.3 is 20.3 Å². The summed E-state index contributed by atoms with van der Waals surface area (Å²) in [5, 5.41) is 2.78. The van der Waals surface area contributed by atoms with Crippen LogP contribution in [-0.2, 0) is 0 Å². The average Bonchev–Trinajstić information content (AvgIpc) is 3.76. The molecule has 6 heteroatoms. The van der Waals surface area contributed by atoms with Gasteiger partial charge in [-0.25, -0.2) is 9.97 Å². The van der Waals surface area contributed by atoms with E-state index in [1.165, 1.54) is 0 Å². The highest BCUT2D eigenvalue weighted by Gasteiger charge is 2.23. The van der Waals surface area contributed by atoms with Crippen LogP contribution >= 0.6 is 0 Å². The molecule has 0 unspecified atom stereocenters. The Bertz CT molecular complexity index is 2760. The first-order valence-electron chi connectivity index (χ1n) is 16.4. The molecule has 50 heavy (non-hydrogen) atoms. The molecule has 0 aliphatic rings. The average molecular weight is 647 g/mol. The Morgan fingerprint density at radius 3 is 1.92 bits per heavy atom. The van der Waals surface area contributed by atoms with Gasteiger partial charge in [0, 0.05) is 33.0 Å². The zero-order chi connectivity index (χ0) is 33.6. The molecule has 0 saturated heterocycles. The Balaban J connectivity index is 1.32. The molecule has 238 valence electrons. The number of fused-ring (bicyclic) bond motifs is 6. The lowest BCUT2D eigenvalue weighted by Gasteiger charge is -2.09. The zero-order valence-corrected chi connectivity index (χ0v) is 26.9. The molecule has 9 aromatic rings. The standard InChI is InChI=1S/C44H30N4O2/c45-35(29-17-8-3-9-18-29)23-24-36(46)44-47-40-31-19-10-11-21-37(31)49-43(40)41(48-44)32-20-12-22-38-39(32)34-26-30(27-13-4-1-5-14-27)25-33(42(34)50-38)28-15-6-2-7-16-28/h1-26H,45-46H2/b35-23-,36-24-. The first-order chi connectivity index (χ1) is 24.6. The zero-order valence-electron chi connectivity index (χ0n) is 26.9. The van der Waals surface area contributed by atoms with Crippen LogP contribution in [0.25, 0.3) is 88.9 Å². The summed E-state index contributed by atoms with van der Waals surface area (Å²) in [5.74, 6) is 0.371. The molecule has 3 heterocycles. The number of nitrogens with zero attached hydrogens (tertiary/aromatic N) is 2. The van der Waals surface area contributed by atoms with Crippen LogP contribution in [0.2, 0.25) is 0 Å². The lowest BCUT2D eigenvalue weighted by Crippen LogP contribution is -2.04. The molecule has 3 aromatic heterocycles. The normalized spacial score (nSPS) is 12.4. The summed E-state index contributed by atoms with van der Waals surface area (Å²) >= 11 is 0. The Labute approximate surface area is 287 Å². The van der Waals surface area contributed by atoms with E-state index in [2.05, 4.69) is 54.6 Å². The number of nitrogens with two attached hydrogens (primary N) is 2. The third kappa shape index (κ3) is 4.98. The molecule has 0 aliphatic carbocycles. The van der Waals surface area contributed by atoms with Crippen LogP contribution in [0.3, 0.4) is 0 Å². The fraction of sp³-hybridized carbons (Fsp3) is 0. The fourth-order valence-electron chi connectivity index (χ4n) is 6.64. The van der Waals surface area contributed by atoms with Gasteiger partial charge in [-0.2, -0.15) is 0 Å². The van der Waals surface area contributed by atoms with Gasteiger partial charge in [0.15, 0.2) is 11.4 Å². The van der Waals surface area contributed by atoms with Crippen molar-refractivity contribution in [3.05, 3.63) is 169 Å². The summed E-state index contributed by atoms with van der Waals surface area (Å²) < 4.78 is 13.2. The number of rotatable bonds is 6. The van der Waals surface area contributed by atoms with Gasteiger partial charge in [-0.15, -0.1) is 0 Å². The first kappa shape index (κ1) is 29.2. The van der Waals surface area contributed by atoms with Gasteiger partial charge in [0.2, 0.25) is 0 Å². The Morgan fingerprint density at radius 2 is 1.14 bits per heavy atom. The summed E-state index contributed by atoms with van der Waals surface area (Å²) in [4.78, 5) is 10.1. The Hall–Kier alpha value is -6.92. The van der Waals surface area contributed by atoms with Gasteiger partial charge in [0.1, 0.15) is 28.0 Å². The van der Waals surface area contributed by atoms with E-state index in [0.717, 1.165) is 60.7 Å². The number of hydrogen-bond donors (Lipinski definition) is 2.